The number of fused-ring (bicyclic) bond motifs is 2. The van der Waals surface area contributed by atoms with Crippen molar-refractivity contribution in [2.75, 3.05) is 0 Å². The molecule has 0 spiro atoms. The van der Waals surface area contributed by atoms with Crippen molar-refractivity contribution in [1.82, 2.24) is 5.32 Å². The van der Waals surface area contributed by atoms with Crippen LogP contribution in [0.2, 0.25) is 0 Å². The molecule has 0 saturated carbocycles. The number of nitriles is 1. The molecule has 3 atom stereocenters. The summed E-state index contributed by atoms with van der Waals surface area (Å²) in [5.74, 6) is 0. The number of hydrogen-bond acceptors (Lipinski definition) is 2. The van der Waals surface area contributed by atoms with Gasteiger partial charge >= 0.3 is 0 Å². The third-order valence-corrected chi connectivity index (χ3v) is 3.57. The van der Waals surface area contributed by atoms with Crippen LogP contribution in [0.15, 0.2) is 0 Å². The zero-order chi connectivity index (χ0) is 9.31. The first-order valence-corrected chi connectivity index (χ1v) is 5.45. The first-order chi connectivity index (χ1) is 6.28. The Morgan fingerprint density at radius 2 is 2.00 bits per heavy atom. The minimum absolute atomic E-state index is 0.0197. The van der Waals surface area contributed by atoms with Crippen LogP contribution in [0.4, 0.5) is 0 Å². The molecule has 72 valence electrons. The van der Waals surface area contributed by atoms with Crippen LogP contribution < -0.4 is 5.32 Å². The number of piperidine rings is 1. The fourth-order valence-corrected chi connectivity index (χ4v) is 3.08. The summed E-state index contributed by atoms with van der Waals surface area (Å²) in [6.45, 7) is 2.18. The van der Waals surface area contributed by atoms with Crippen LogP contribution in [-0.2, 0) is 0 Å². The fourth-order valence-electron chi connectivity index (χ4n) is 3.08. The lowest BCUT2D eigenvalue weighted by atomic mass is 9.74. The van der Waals surface area contributed by atoms with Gasteiger partial charge in [0.1, 0.15) is 0 Å². The fraction of sp³-hybridized carbons (Fsp3) is 0.909. The van der Waals surface area contributed by atoms with E-state index in [9.17, 15) is 5.26 Å². The zero-order valence-electron chi connectivity index (χ0n) is 8.34. The van der Waals surface area contributed by atoms with E-state index in [0.717, 1.165) is 25.7 Å². The summed E-state index contributed by atoms with van der Waals surface area (Å²) >= 11 is 0. The SMILES string of the molecule is CCCC1(C#N)C[C@H]2CC[C@@H](C1)N2. The van der Waals surface area contributed by atoms with Crippen molar-refractivity contribution in [3.8, 4) is 6.07 Å². The van der Waals surface area contributed by atoms with E-state index in [-0.39, 0.29) is 5.41 Å². The molecule has 1 unspecified atom stereocenters. The Bertz CT molecular complexity index is 217. The molecule has 2 bridgehead atoms. The maximum Gasteiger partial charge on any atom is 0.0690 e. The van der Waals surface area contributed by atoms with Gasteiger partial charge in [-0.25, -0.2) is 0 Å². The zero-order valence-corrected chi connectivity index (χ0v) is 8.34. The maximum absolute atomic E-state index is 9.26. The van der Waals surface area contributed by atoms with Gasteiger partial charge in [-0.15, -0.1) is 0 Å². The second-order valence-corrected chi connectivity index (χ2v) is 4.69. The molecule has 0 aliphatic carbocycles. The summed E-state index contributed by atoms with van der Waals surface area (Å²) in [6, 6.07) is 3.87. The van der Waals surface area contributed by atoms with Gasteiger partial charge in [0, 0.05) is 12.1 Å². The highest BCUT2D eigenvalue weighted by molar-refractivity contribution is 5.08. The highest BCUT2D eigenvalue weighted by Gasteiger charge is 2.43. The molecule has 0 amide bonds. The van der Waals surface area contributed by atoms with Crippen LogP contribution in [0.3, 0.4) is 0 Å². The van der Waals surface area contributed by atoms with Gasteiger partial charge in [0.05, 0.1) is 11.5 Å². The molecule has 1 N–H and O–H groups in total. The summed E-state index contributed by atoms with van der Waals surface area (Å²) in [6.07, 6.45) is 7.00. The highest BCUT2D eigenvalue weighted by atomic mass is 15.0. The first kappa shape index (κ1) is 9.02. The van der Waals surface area contributed by atoms with E-state index in [0.29, 0.717) is 12.1 Å². The smallest absolute Gasteiger partial charge is 0.0690 e. The summed E-state index contributed by atoms with van der Waals surface area (Å²) in [5.41, 5.74) is 0.0197. The third kappa shape index (κ3) is 1.58. The van der Waals surface area contributed by atoms with Gasteiger partial charge in [-0.2, -0.15) is 5.26 Å². The van der Waals surface area contributed by atoms with E-state index >= 15 is 0 Å². The van der Waals surface area contributed by atoms with Gasteiger partial charge in [0.25, 0.3) is 0 Å². The van der Waals surface area contributed by atoms with Crippen LogP contribution in [0, 0.1) is 16.7 Å². The van der Waals surface area contributed by atoms with Gasteiger partial charge in [-0.1, -0.05) is 13.3 Å². The average molecular weight is 178 g/mol. The molecule has 0 aromatic carbocycles. The Balaban J connectivity index is 2.10. The van der Waals surface area contributed by atoms with Crippen molar-refractivity contribution < 1.29 is 0 Å². The molecule has 2 heterocycles. The monoisotopic (exact) mass is 178 g/mol. The number of nitrogens with one attached hydrogen (secondary N) is 1. The van der Waals surface area contributed by atoms with E-state index in [1.807, 2.05) is 0 Å². The summed E-state index contributed by atoms with van der Waals surface area (Å²) in [4.78, 5) is 0. The molecule has 2 rings (SSSR count). The van der Waals surface area contributed by atoms with Crippen LogP contribution in [-0.4, -0.2) is 12.1 Å². The normalized spacial score (nSPS) is 43.1. The van der Waals surface area contributed by atoms with Crippen molar-refractivity contribution in [2.24, 2.45) is 5.41 Å². The molecule has 2 aliphatic rings. The molecule has 0 aromatic heterocycles. The lowest BCUT2D eigenvalue weighted by Gasteiger charge is -2.35. The molecule has 13 heavy (non-hydrogen) atoms. The van der Waals surface area contributed by atoms with E-state index in [4.69, 9.17) is 0 Å². The average Bonchev–Trinajstić information content (AvgIpc) is 2.47. The summed E-state index contributed by atoms with van der Waals surface area (Å²) in [7, 11) is 0. The molecule has 2 nitrogen and oxygen atoms in total. The highest BCUT2D eigenvalue weighted by Crippen LogP contribution is 2.42. The molecule has 0 aromatic rings. The molecule has 0 radical (unpaired) electrons. The van der Waals surface area contributed by atoms with E-state index in [2.05, 4.69) is 18.3 Å². The second kappa shape index (κ2) is 3.31. The van der Waals surface area contributed by atoms with Gasteiger partial charge in [-0.3, -0.25) is 0 Å². The number of hydrogen-bond donors (Lipinski definition) is 1. The van der Waals surface area contributed by atoms with Crippen molar-refractivity contribution in [1.29, 1.82) is 5.26 Å². The lowest BCUT2D eigenvalue weighted by Crippen LogP contribution is -2.43. The van der Waals surface area contributed by atoms with Gasteiger partial charge < -0.3 is 5.32 Å². The molecule has 2 aliphatic heterocycles. The Labute approximate surface area is 80.3 Å². The van der Waals surface area contributed by atoms with Crippen LogP contribution in [0.25, 0.3) is 0 Å². The molecular formula is C11H18N2. The largest absolute Gasteiger partial charge is 0.311 e. The van der Waals surface area contributed by atoms with Gasteiger partial charge in [0.15, 0.2) is 0 Å². The van der Waals surface area contributed by atoms with Crippen molar-refractivity contribution in [3.63, 3.8) is 0 Å². The van der Waals surface area contributed by atoms with E-state index < -0.39 is 0 Å². The third-order valence-electron chi connectivity index (χ3n) is 3.57. The summed E-state index contributed by atoms with van der Waals surface area (Å²) in [5, 5.41) is 12.8. The standard InChI is InChI=1S/C11H18N2/c1-2-5-11(8-12)6-9-3-4-10(7-11)13-9/h9-10,13H,2-7H2,1H3/t9-,10+,11?. The predicted molar refractivity (Wildman–Crippen MR) is 52.1 cm³/mol. The van der Waals surface area contributed by atoms with Crippen LogP contribution in [0.1, 0.15) is 45.4 Å². The van der Waals surface area contributed by atoms with E-state index in [1.54, 1.807) is 0 Å². The topological polar surface area (TPSA) is 35.8 Å². The first-order valence-electron chi connectivity index (χ1n) is 5.45. The Hall–Kier alpha value is -0.550. The number of nitrogens with zero attached hydrogens (tertiary/aromatic N) is 1. The van der Waals surface area contributed by atoms with Crippen molar-refractivity contribution >= 4 is 0 Å². The Morgan fingerprint density at radius 3 is 2.46 bits per heavy atom. The molecule has 2 heteroatoms. The summed E-state index contributed by atoms with van der Waals surface area (Å²) < 4.78 is 0. The molecular weight excluding hydrogens is 160 g/mol. The minimum Gasteiger partial charge on any atom is -0.311 e. The maximum atomic E-state index is 9.26. The quantitative estimate of drug-likeness (QED) is 0.703. The van der Waals surface area contributed by atoms with Crippen molar-refractivity contribution in [2.45, 2.75) is 57.5 Å². The van der Waals surface area contributed by atoms with Gasteiger partial charge in [-0.05, 0) is 32.1 Å². The predicted octanol–water partition coefficient (Wildman–Crippen LogP) is 2.21. The molecule has 2 fully saturated rings. The van der Waals surface area contributed by atoms with E-state index in [1.165, 1.54) is 12.8 Å². The second-order valence-electron chi connectivity index (χ2n) is 4.69. The van der Waals surface area contributed by atoms with Crippen molar-refractivity contribution in [3.05, 3.63) is 0 Å². The Morgan fingerprint density at radius 1 is 1.38 bits per heavy atom. The minimum atomic E-state index is 0.0197. The molecule has 2 saturated heterocycles. The Kier molecular flexibility index (Phi) is 2.29. The number of rotatable bonds is 2. The van der Waals surface area contributed by atoms with Crippen LogP contribution >= 0.6 is 0 Å². The van der Waals surface area contributed by atoms with Crippen LogP contribution in [0.5, 0.6) is 0 Å². The van der Waals surface area contributed by atoms with Gasteiger partial charge in [0.2, 0.25) is 0 Å². The lowest BCUT2D eigenvalue weighted by molar-refractivity contribution is 0.209.